The highest BCUT2D eigenvalue weighted by atomic mass is 15.3. The van der Waals surface area contributed by atoms with Crippen molar-refractivity contribution in [2.45, 2.75) is 40.3 Å². The Morgan fingerprint density at radius 2 is 1.95 bits per heavy atom. The third-order valence-corrected chi connectivity index (χ3v) is 4.10. The molecule has 0 spiro atoms. The molecular formula is C17H28N2. The molecule has 1 saturated heterocycles. The number of benzene rings is 1. The van der Waals surface area contributed by atoms with E-state index in [1.165, 1.54) is 37.3 Å². The van der Waals surface area contributed by atoms with E-state index in [4.69, 9.17) is 0 Å². The largest absolute Gasteiger partial charge is 0.298 e. The zero-order valence-electron chi connectivity index (χ0n) is 12.9. The second-order valence-corrected chi connectivity index (χ2v) is 6.40. The van der Waals surface area contributed by atoms with E-state index >= 15 is 0 Å². The highest BCUT2D eigenvalue weighted by Crippen LogP contribution is 2.16. The number of rotatable bonds is 4. The Kier molecular flexibility index (Phi) is 5.00. The van der Waals surface area contributed by atoms with Crippen LogP contribution in [0.25, 0.3) is 0 Å². The molecule has 0 N–H and O–H groups in total. The lowest BCUT2D eigenvalue weighted by Gasteiger charge is -2.40. The Morgan fingerprint density at radius 1 is 1.21 bits per heavy atom. The van der Waals surface area contributed by atoms with E-state index in [0.717, 1.165) is 12.5 Å². The third kappa shape index (κ3) is 4.05. The summed E-state index contributed by atoms with van der Waals surface area (Å²) in [7, 11) is 0. The van der Waals surface area contributed by atoms with Crippen molar-refractivity contribution in [3.8, 4) is 0 Å². The Balaban J connectivity index is 1.90. The molecule has 1 aromatic rings. The van der Waals surface area contributed by atoms with E-state index in [9.17, 15) is 0 Å². The molecule has 106 valence electrons. The van der Waals surface area contributed by atoms with Crippen molar-refractivity contribution in [1.29, 1.82) is 0 Å². The van der Waals surface area contributed by atoms with Gasteiger partial charge in [-0.2, -0.15) is 0 Å². The summed E-state index contributed by atoms with van der Waals surface area (Å²) in [5.41, 5.74) is 2.90. The quantitative estimate of drug-likeness (QED) is 0.820. The monoisotopic (exact) mass is 260 g/mol. The Hall–Kier alpha value is -0.860. The maximum Gasteiger partial charge on any atom is 0.0237 e. The lowest BCUT2D eigenvalue weighted by atomic mass is 10.1. The predicted octanol–water partition coefficient (Wildman–Crippen LogP) is 3.16. The van der Waals surface area contributed by atoms with Gasteiger partial charge >= 0.3 is 0 Å². The minimum Gasteiger partial charge on any atom is -0.298 e. The standard InChI is InChI=1S/C17H28N2/c1-14(2)11-19-10-9-18(12-16(19)4)13-17-8-6-5-7-15(17)3/h5-8,14,16H,9-13H2,1-4H3. The van der Waals surface area contributed by atoms with E-state index in [0.29, 0.717) is 6.04 Å². The summed E-state index contributed by atoms with van der Waals surface area (Å²) in [5, 5.41) is 0. The van der Waals surface area contributed by atoms with Crippen LogP contribution in [0.5, 0.6) is 0 Å². The predicted molar refractivity (Wildman–Crippen MR) is 82.3 cm³/mol. The van der Waals surface area contributed by atoms with Crippen molar-refractivity contribution in [3.63, 3.8) is 0 Å². The molecule has 0 radical (unpaired) electrons. The van der Waals surface area contributed by atoms with Gasteiger partial charge in [0.25, 0.3) is 0 Å². The molecule has 2 heteroatoms. The van der Waals surface area contributed by atoms with Gasteiger partial charge in [-0.3, -0.25) is 9.80 Å². The Bertz CT molecular complexity index is 400. The van der Waals surface area contributed by atoms with Crippen molar-refractivity contribution in [2.24, 2.45) is 5.92 Å². The minimum atomic E-state index is 0.681. The van der Waals surface area contributed by atoms with Crippen molar-refractivity contribution >= 4 is 0 Å². The van der Waals surface area contributed by atoms with E-state index in [1.54, 1.807) is 0 Å². The van der Waals surface area contributed by atoms with Crippen LogP contribution in [0, 0.1) is 12.8 Å². The first kappa shape index (κ1) is 14.5. The Labute approximate surface area is 118 Å². The first-order chi connectivity index (χ1) is 9.06. The van der Waals surface area contributed by atoms with Crippen molar-refractivity contribution in [2.75, 3.05) is 26.2 Å². The van der Waals surface area contributed by atoms with Crippen LogP contribution in [0.15, 0.2) is 24.3 Å². The molecule has 2 rings (SSSR count). The number of hydrogen-bond acceptors (Lipinski definition) is 2. The van der Waals surface area contributed by atoms with Gasteiger partial charge in [0, 0.05) is 38.8 Å². The van der Waals surface area contributed by atoms with Crippen molar-refractivity contribution < 1.29 is 0 Å². The van der Waals surface area contributed by atoms with Crippen LogP contribution in [0.1, 0.15) is 31.9 Å². The van der Waals surface area contributed by atoms with Crippen LogP contribution >= 0.6 is 0 Å². The summed E-state index contributed by atoms with van der Waals surface area (Å²) < 4.78 is 0. The van der Waals surface area contributed by atoms with Gasteiger partial charge in [-0.1, -0.05) is 38.1 Å². The Morgan fingerprint density at radius 3 is 2.58 bits per heavy atom. The molecule has 19 heavy (non-hydrogen) atoms. The van der Waals surface area contributed by atoms with Crippen LogP contribution in [-0.4, -0.2) is 42.0 Å². The lowest BCUT2D eigenvalue weighted by Crippen LogP contribution is -2.52. The third-order valence-electron chi connectivity index (χ3n) is 4.10. The molecule has 0 bridgehead atoms. The summed E-state index contributed by atoms with van der Waals surface area (Å²) in [6.07, 6.45) is 0. The normalized spacial score (nSPS) is 22.1. The molecule has 1 fully saturated rings. The van der Waals surface area contributed by atoms with Crippen LogP contribution < -0.4 is 0 Å². The maximum absolute atomic E-state index is 2.64. The topological polar surface area (TPSA) is 6.48 Å². The zero-order valence-corrected chi connectivity index (χ0v) is 12.9. The maximum atomic E-state index is 2.64. The van der Waals surface area contributed by atoms with Crippen LogP contribution in [-0.2, 0) is 6.54 Å². The molecule has 0 saturated carbocycles. The van der Waals surface area contributed by atoms with E-state index in [-0.39, 0.29) is 0 Å². The van der Waals surface area contributed by atoms with E-state index in [1.807, 2.05) is 0 Å². The van der Waals surface area contributed by atoms with Gasteiger partial charge in [-0.25, -0.2) is 0 Å². The number of nitrogens with zero attached hydrogens (tertiary/aromatic N) is 2. The summed E-state index contributed by atoms with van der Waals surface area (Å²) in [6.45, 7) is 15.2. The van der Waals surface area contributed by atoms with Gasteiger partial charge in [0.15, 0.2) is 0 Å². The van der Waals surface area contributed by atoms with Crippen LogP contribution in [0.3, 0.4) is 0 Å². The smallest absolute Gasteiger partial charge is 0.0237 e. The van der Waals surface area contributed by atoms with Crippen LogP contribution in [0.2, 0.25) is 0 Å². The van der Waals surface area contributed by atoms with Crippen molar-refractivity contribution in [3.05, 3.63) is 35.4 Å². The highest BCUT2D eigenvalue weighted by molar-refractivity contribution is 5.25. The number of piperazine rings is 1. The number of hydrogen-bond donors (Lipinski definition) is 0. The second-order valence-electron chi connectivity index (χ2n) is 6.40. The highest BCUT2D eigenvalue weighted by Gasteiger charge is 2.23. The SMILES string of the molecule is Cc1ccccc1CN1CCN(CC(C)C)C(C)C1. The first-order valence-electron chi connectivity index (χ1n) is 7.57. The van der Waals surface area contributed by atoms with Gasteiger partial charge in [0.1, 0.15) is 0 Å². The van der Waals surface area contributed by atoms with Gasteiger partial charge in [-0.15, -0.1) is 0 Å². The second kappa shape index (κ2) is 6.53. The molecule has 0 aromatic heterocycles. The van der Waals surface area contributed by atoms with Gasteiger partial charge in [-0.05, 0) is 30.9 Å². The molecule has 1 aromatic carbocycles. The number of aryl methyl sites for hydroxylation is 1. The van der Waals surface area contributed by atoms with Gasteiger partial charge in [0.2, 0.25) is 0 Å². The fourth-order valence-electron chi connectivity index (χ4n) is 2.98. The molecule has 1 heterocycles. The molecule has 1 unspecified atom stereocenters. The molecular weight excluding hydrogens is 232 g/mol. The average molecular weight is 260 g/mol. The summed E-state index contributed by atoms with van der Waals surface area (Å²) in [6, 6.07) is 9.44. The lowest BCUT2D eigenvalue weighted by molar-refractivity contribution is 0.0701. The summed E-state index contributed by atoms with van der Waals surface area (Å²) >= 11 is 0. The van der Waals surface area contributed by atoms with Crippen LogP contribution in [0.4, 0.5) is 0 Å². The average Bonchev–Trinajstić information content (AvgIpc) is 2.35. The fourth-order valence-corrected chi connectivity index (χ4v) is 2.98. The summed E-state index contributed by atoms with van der Waals surface area (Å²) in [4.78, 5) is 5.24. The minimum absolute atomic E-state index is 0.681. The van der Waals surface area contributed by atoms with E-state index in [2.05, 4.69) is 61.8 Å². The summed E-state index contributed by atoms with van der Waals surface area (Å²) in [5.74, 6) is 0.769. The molecule has 1 aliphatic rings. The molecule has 0 aliphatic carbocycles. The molecule has 0 amide bonds. The van der Waals surface area contributed by atoms with E-state index < -0.39 is 0 Å². The van der Waals surface area contributed by atoms with Gasteiger partial charge in [0.05, 0.1) is 0 Å². The van der Waals surface area contributed by atoms with Gasteiger partial charge < -0.3 is 0 Å². The zero-order chi connectivity index (χ0) is 13.8. The molecule has 2 nitrogen and oxygen atoms in total. The van der Waals surface area contributed by atoms with Crippen molar-refractivity contribution in [1.82, 2.24) is 9.80 Å². The molecule has 1 aliphatic heterocycles. The first-order valence-corrected chi connectivity index (χ1v) is 7.57. The molecule has 1 atom stereocenters. The fraction of sp³-hybridized carbons (Fsp3) is 0.647.